The molecule has 184 valence electrons. The van der Waals surface area contributed by atoms with Crippen molar-refractivity contribution in [3.05, 3.63) is 40.9 Å². The number of thiazole rings is 1. The van der Waals surface area contributed by atoms with Gasteiger partial charge in [0.05, 0.1) is 19.2 Å². The number of aromatic nitrogens is 1. The number of benzene rings is 1. The lowest BCUT2D eigenvalue weighted by Crippen LogP contribution is -2.40. The van der Waals surface area contributed by atoms with E-state index in [9.17, 15) is 14.4 Å². The second-order valence-electron chi connectivity index (χ2n) is 9.08. The molecule has 1 aromatic heterocycles. The smallest absolute Gasteiger partial charge is 0.254 e. The number of anilines is 1. The van der Waals surface area contributed by atoms with E-state index >= 15 is 0 Å². The fourth-order valence-electron chi connectivity index (χ4n) is 4.04. The van der Waals surface area contributed by atoms with Gasteiger partial charge in [0.15, 0.2) is 5.13 Å². The first-order chi connectivity index (χ1) is 16.3. The summed E-state index contributed by atoms with van der Waals surface area (Å²) in [4.78, 5) is 43.9. The zero-order valence-corrected chi connectivity index (χ0v) is 21.0. The molecule has 2 aromatic rings. The molecular formula is C25H34N4O4S. The van der Waals surface area contributed by atoms with Crippen molar-refractivity contribution < 1.29 is 19.1 Å². The third kappa shape index (κ3) is 7.83. The Bertz CT molecular complexity index is 968. The number of methoxy groups -OCH3 is 1. The van der Waals surface area contributed by atoms with Gasteiger partial charge in [0.25, 0.3) is 5.91 Å². The van der Waals surface area contributed by atoms with Crippen LogP contribution >= 0.6 is 11.3 Å². The second-order valence-corrected chi connectivity index (χ2v) is 9.94. The maximum Gasteiger partial charge on any atom is 0.254 e. The van der Waals surface area contributed by atoms with Crippen LogP contribution in [0.1, 0.15) is 62.0 Å². The van der Waals surface area contributed by atoms with E-state index in [0.717, 1.165) is 25.7 Å². The predicted molar refractivity (Wildman–Crippen MR) is 133 cm³/mol. The highest BCUT2D eigenvalue weighted by Gasteiger charge is 2.21. The van der Waals surface area contributed by atoms with Gasteiger partial charge in [0, 0.05) is 23.5 Å². The molecule has 0 radical (unpaired) electrons. The number of nitrogens with one attached hydrogen (secondary N) is 2. The molecule has 3 amide bonds. The number of ether oxygens (including phenoxy) is 1. The third-order valence-corrected chi connectivity index (χ3v) is 6.46. The molecule has 1 aromatic carbocycles. The molecule has 1 aliphatic carbocycles. The van der Waals surface area contributed by atoms with Crippen LogP contribution < -0.4 is 15.4 Å². The van der Waals surface area contributed by atoms with E-state index in [0.29, 0.717) is 28.7 Å². The molecule has 9 heteroatoms. The van der Waals surface area contributed by atoms with Gasteiger partial charge >= 0.3 is 0 Å². The zero-order valence-electron chi connectivity index (χ0n) is 20.1. The van der Waals surface area contributed by atoms with E-state index in [-0.39, 0.29) is 42.6 Å². The van der Waals surface area contributed by atoms with Crippen molar-refractivity contribution in [3.63, 3.8) is 0 Å². The van der Waals surface area contributed by atoms with Crippen molar-refractivity contribution in [2.24, 2.45) is 5.92 Å². The van der Waals surface area contributed by atoms with Crippen LogP contribution in [0.25, 0.3) is 0 Å². The first kappa shape index (κ1) is 25.7. The van der Waals surface area contributed by atoms with E-state index in [1.165, 1.54) is 22.7 Å². The molecule has 1 fully saturated rings. The highest BCUT2D eigenvalue weighted by atomic mass is 32.1. The number of hydrogen-bond donors (Lipinski definition) is 2. The average molecular weight is 487 g/mol. The van der Waals surface area contributed by atoms with Gasteiger partial charge in [-0.3, -0.25) is 14.4 Å². The summed E-state index contributed by atoms with van der Waals surface area (Å²) < 4.78 is 5.15. The first-order valence-corrected chi connectivity index (χ1v) is 12.7. The van der Waals surface area contributed by atoms with Gasteiger partial charge in [-0.25, -0.2) is 4.98 Å². The molecule has 2 N–H and O–H groups in total. The van der Waals surface area contributed by atoms with Crippen LogP contribution in [0.2, 0.25) is 0 Å². The van der Waals surface area contributed by atoms with Crippen molar-refractivity contribution in [1.29, 1.82) is 0 Å². The molecule has 0 spiro atoms. The lowest BCUT2D eigenvalue weighted by Gasteiger charge is -2.24. The van der Waals surface area contributed by atoms with E-state index in [4.69, 9.17) is 4.74 Å². The van der Waals surface area contributed by atoms with Crippen LogP contribution in [0, 0.1) is 5.92 Å². The van der Waals surface area contributed by atoms with Gasteiger partial charge in [-0.15, -0.1) is 11.3 Å². The maximum absolute atomic E-state index is 13.0. The van der Waals surface area contributed by atoms with Crippen molar-refractivity contribution >= 4 is 34.2 Å². The van der Waals surface area contributed by atoms with Crippen molar-refractivity contribution in [3.8, 4) is 5.75 Å². The van der Waals surface area contributed by atoms with Crippen molar-refractivity contribution in [2.45, 2.75) is 58.4 Å². The minimum Gasteiger partial charge on any atom is -0.497 e. The summed E-state index contributed by atoms with van der Waals surface area (Å²) in [6, 6.07) is 7.09. The monoisotopic (exact) mass is 486 g/mol. The van der Waals surface area contributed by atoms with Gasteiger partial charge < -0.3 is 20.3 Å². The summed E-state index contributed by atoms with van der Waals surface area (Å²) >= 11 is 1.28. The number of nitrogens with zero attached hydrogens (tertiary/aromatic N) is 2. The fourth-order valence-corrected chi connectivity index (χ4v) is 4.77. The Morgan fingerprint density at radius 1 is 1.12 bits per heavy atom. The Labute approximate surface area is 205 Å². The topological polar surface area (TPSA) is 101 Å². The highest BCUT2D eigenvalue weighted by molar-refractivity contribution is 7.13. The van der Waals surface area contributed by atoms with E-state index < -0.39 is 0 Å². The highest BCUT2D eigenvalue weighted by Crippen LogP contribution is 2.19. The van der Waals surface area contributed by atoms with Gasteiger partial charge in [-0.2, -0.15) is 0 Å². The Morgan fingerprint density at radius 3 is 2.47 bits per heavy atom. The quantitative estimate of drug-likeness (QED) is 0.531. The largest absolute Gasteiger partial charge is 0.497 e. The molecule has 3 rings (SSSR count). The molecule has 0 bridgehead atoms. The number of rotatable bonds is 10. The summed E-state index contributed by atoms with van der Waals surface area (Å²) in [6.07, 6.45) is 5.82. The summed E-state index contributed by atoms with van der Waals surface area (Å²) in [5, 5.41) is 8.06. The summed E-state index contributed by atoms with van der Waals surface area (Å²) in [5.41, 5.74) is 1.12. The Kier molecular flexibility index (Phi) is 9.44. The first-order valence-electron chi connectivity index (χ1n) is 11.8. The van der Waals surface area contributed by atoms with Crippen LogP contribution in [0.15, 0.2) is 29.6 Å². The Hall–Kier alpha value is -2.94. The summed E-state index contributed by atoms with van der Waals surface area (Å²) in [6.45, 7) is 4.36. The minimum absolute atomic E-state index is 0.0386. The molecule has 1 saturated carbocycles. The number of hydrogen-bond acceptors (Lipinski definition) is 6. The molecule has 0 aliphatic heterocycles. The fraction of sp³-hybridized carbons (Fsp3) is 0.520. The normalized spacial score (nSPS) is 14.0. The van der Waals surface area contributed by atoms with E-state index in [2.05, 4.69) is 15.6 Å². The molecule has 8 nitrogen and oxygen atoms in total. The van der Waals surface area contributed by atoms with Gasteiger partial charge in [0.2, 0.25) is 11.8 Å². The lowest BCUT2D eigenvalue weighted by atomic mass is 9.95. The molecule has 0 saturated heterocycles. The second kappa shape index (κ2) is 12.5. The molecule has 34 heavy (non-hydrogen) atoms. The average Bonchev–Trinajstić information content (AvgIpc) is 3.24. The maximum atomic E-state index is 13.0. The van der Waals surface area contributed by atoms with Crippen LogP contribution in [-0.2, 0) is 16.0 Å². The standard InChI is InChI=1S/C25H34N4O4S/c1-17(2)14-29(24(32)18-9-11-21(33-3)12-10-18)15-23(31)28-25-27-20(16-34-25)13-22(30)26-19-7-5-4-6-8-19/h9-12,16-17,19H,4-8,13-15H2,1-3H3,(H,26,30)(H,27,28,31). The lowest BCUT2D eigenvalue weighted by molar-refractivity contribution is -0.121. The predicted octanol–water partition coefficient (Wildman–Crippen LogP) is 3.88. The van der Waals surface area contributed by atoms with Gasteiger partial charge in [0.1, 0.15) is 12.3 Å². The summed E-state index contributed by atoms with van der Waals surface area (Å²) in [5.74, 6) is 0.282. The Balaban J connectivity index is 1.55. The van der Waals surface area contributed by atoms with Crippen LogP contribution in [0.5, 0.6) is 5.75 Å². The van der Waals surface area contributed by atoms with Gasteiger partial charge in [-0.1, -0.05) is 33.1 Å². The third-order valence-electron chi connectivity index (χ3n) is 5.65. The van der Waals surface area contributed by atoms with Crippen molar-refractivity contribution in [1.82, 2.24) is 15.2 Å². The van der Waals surface area contributed by atoms with Crippen LogP contribution in [0.3, 0.4) is 0 Å². The van der Waals surface area contributed by atoms with Crippen LogP contribution in [-0.4, -0.2) is 53.8 Å². The molecule has 0 unspecified atom stereocenters. The van der Waals surface area contributed by atoms with Crippen molar-refractivity contribution in [2.75, 3.05) is 25.5 Å². The van der Waals surface area contributed by atoms with Gasteiger partial charge in [-0.05, 0) is 43.0 Å². The number of carbonyl (C=O) groups excluding carboxylic acids is 3. The Morgan fingerprint density at radius 2 is 1.82 bits per heavy atom. The summed E-state index contributed by atoms with van der Waals surface area (Å²) in [7, 11) is 1.57. The SMILES string of the molecule is COc1ccc(C(=O)N(CC(=O)Nc2nc(CC(=O)NC3CCCCC3)cs2)CC(C)C)cc1. The van der Waals surface area contributed by atoms with E-state index in [1.807, 2.05) is 13.8 Å². The molecule has 1 aliphatic rings. The van der Waals surface area contributed by atoms with E-state index in [1.54, 1.807) is 36.8 Å². The molecule has 1 heterocycles. The van der Waals surface area contributed by atoms with Crippen LogP contribution in [0.4, 0.5) is 5.13 Å². The zero-order chi connectivity index (χ0) is 24.5. The molecule has 0 atom stereocenters. The molecular weight excluding hydrogens is 452 g/mol. The minimum atomic E-state index is -0.324. The number of amides is 3. The number of carbonyl (C=O) groups is 3.